The number of carbonyl (C=O) groups is 2. The van der Waals surface area contributed by atoms with Crippen LogP contribution in [-0.2, 0) is 9.47 Å². The molecule has 0 aromatic heterocycles. The largest absolute Gasteiger partial charge is 0.465 e. The smallest absolute Gasteiger partial charge is 0.407 e. The van der Waals surface area contributed by atoms with Gasteiger partial charge in [-0.2, -0.15) is 0 Å². The number of hydrogen-bond donors (Lipinski definition) is 2. The molecule has 166 valence electrons. The minimum atomic E-state index is -0.982. The van der Waals surface area contributed by atoms with Gasteiger partial charge in [0, 0.05) is 6.54 Å². The van der Waals surface area contributed by atoms with Gasteiger partial charge in [0.2, 0.25) is 0 Å². The van der Waals surface area contributed by atoms with Crippen LogP contribution in [0.4, 0.5) is 9.59 Å². The molecular formula is C23H34N2O5. The third-order valence-corrected chi connectivity index (χ3v) is 5.94. The van der Waals surface area contributed by atoms with Crippen molar-refractivity contribution in [2.75, 3.05) is 13.2 Å². The second-order valence-corrected chi connectivity index (χ2v) is 9.30. The van der Waals surface area contributed by atoms with Gasteiger partial charge in [-0.1, -0.05) is 30.3 Å². The molecule has 0 spiro atoms. The molecule has 2 unspecified atom stereocenters. The van der Waals surface area contributed by atoms with Crippen LogP contribution in [-0.4, -0.2) is 59.1 Å². The second kappa shape index (κ2) is 9.69. The molecule has 0 radical (unpaired) electrons. The van der Waals surface area contributed by atoms with Crippen LogP contribution in [0.3, 0.4) is 0 Å². The summed E-state index contributed by atoms with van der Waals surface area (Å²) in [5.74, 6) is 0.564. The minimum absolute atomic E-state index is 0.128. The molecule has 1 aliphatic heterocycles. The summed E-state index contributed by atoms with van der Waals surface area (Å²) < 4.78 is 11.5. The van der Waals surface area contributed by atoms with Crippen LogP contribution in [0.15, 0.2) is 30.3 Å². The van der Waals surface area contributed by atoms with Crippen LogP contribution in [0.5, 0.6) is 0 Å². The normalized spacial score (nSPS) is 27.0. The van der Waals surface area contributed by atoms with Gasteiger partial charge in [0.05, 0.1) is 24.8 Å². The SMILES string of the molecule is CC(C)(C)OC(=O)NC1CCN(C(=O)O)C1COC1CCC(c2ccccc2)CC1. The molecule has 2 N–H and O–H groups in total. The number of carboxylic acid groups (broad SMARTS) is 1. The van der Waals surface area contributed by atoms with Gasteiger partial charge in [0.1, 0.15) is 5.60 Å². The fourth-order valence-corrected chi connectivity index (χ4v) is 4.45. The fourth-order valence-electron chi connectivity index (χ4n) is 4.45. The lowest BCUT2D eigenvalue weighted by Crippen LogP contribution is -2.50. The van der Waals surface area contributed by atoms with E-state index in [-0.39, 0.29) is 18.8 Å². The predicted molar refractivity (Wildman–Crippen MR) is 114 cm³/mol. The Hall–Kier alpha value is -2.28. The first kappa shape index (κ1) is 22.4. The number of carbonyl (C=O) groups excluding carboxylic acids is 1. The van der Waals surface area contributed by atoms with Gasteiger partial charge in [-0.3, -0.25) is 0 Å². The molecule has 2 atom stereocenters. The van der Waals surface area contributed by atoms with Crippen molar-refractivity contribution in [2.45, 2.75) is 82.6 Å². The van der Waals surface area contributed by atoms with Crippen molar-refractivity contribution in [2.24, 2.45) is 0 Å². The van der Waals surface area contributed by atoms with E-state index >= 15 is 0 Å². The summed E-state index contributed by atoms with van der Waals surface area (Å²) in [6.07, 6.45) is 3.25. The third-order valence-electron chi connectivity index (χ3n) is 5.94. The Morgan fingerprint density at radius 2 is 1.77 bits per heavy atom. The predicted octanol–water partition coefficient (Wildman–Crippen LogP) is 4.38. The molecular weight excluding hydrogens is 384 g/mol. The zero-order valence-electron chi connectivity index (χ0n) is 18.2. The van der Waals surface area contributed by atoms with E-state index in [1.165, 1.54) is 10.5 Å². The van der Waals surface area contributed by atoms with E-state index in [1.54, 1.807) is 20.8 Å². The van der Waals surface area contributed by atoms with E-state index in [1.807, 2.05) is 6.07 Å². The number of nitrogens with zero attached hydrogens (tertiary/aromatic N) is 1. The van der Waals surface area contributed by atoms with Crippen LogP contribution < -0.4 is 5.32 Å². The molecule has 3 rings (SSSR count). The fraction of sp³-hybridized carbons (Fsp3) is 0.652. The molecule has 1 aromatic carbocycles. The number of benzene rings is 1. The monoisotopic (exact) mass is 418 g/mol. The van der Waals surface area contributed by atoms with Crippen molar-refractivity contribution in [3.63, 3.8) is 0 Å². The van der Waals surface area contributed by atoms with E-state index in [2.05, 4.69) is 29.6 Å². The number of rotatable bonds is 5. The van der Waals surface area contributed by atoms with Crippen LogP contribution >= 0.6 is 0 Å². The summed E-state index contributed by atoms with van der Waals surface area (Å²) in [5.41, 5.74) is 0.781. The number of amides is 2. The van der Waals surface area contributed by atoms with Crippen molar-refractivity contribution < 1.29 is 24.2 Å². The standard InChI is InChI=1S/C23H34N2O5/c1-23(2,3)30-21(26)24-19-13-14-25(22(27)28)20(19)15-29-18-11-9-17(10-12-18)16-7-5-4-6-8-16/h4-8,17-20H,9-15H2,1-3H3,(H,24,26)(H,27,28). The molecule has 2 amide bonds. The lowest BCUT2D eigenvalue weighted by molar-refractivity contribution is -0.00637. The molecule has 1 aliphatic carbocycles. The number of ether oxygens (including phenoxy) is 2. The van der Waals surface area contributed by atoms with Gasteiger partial charge in [-0.05, 0) is 64.4 Å². The van der Waals surface area contributed by atoms with Gasteiger partial charge >= 0.3 is 12.2 Å². The summed E-state index contributed by atoms with van der Waals surface area (Å²) in [6, 6.07) is 9.85. The maximum Gasteiger partial charge on any atom is 0.407 e. The van der Waals surface area contributed by atoms with Crippen molar-refractivity contribution >= 4 is 12.2 Å². The molecule has 0 bridgehead atoms. The highest BCUT2D eigenvalue weighted by molar-refractivity contribution is 5.69. The Balaban J connectivity index is 1.52. The van der Waals surface area contributed by atoms with Crippen LogP contribution in [0.25, 0.3) is 0 Å². The van der Waals surface area contributed by atoms with Crippen LogP contribution in [0.2, 0.25) is 0 Å². The number of nitrogens with one attached hydrogen (secondary N) is 1. The molecule has 1 aromatic rings. The van der Waals surface area contributed by atoms with E-state index in [9.17, 15) is 14.7 Å². The third kappa shape index (κ3) is 6.11. The second-order valence-electron chi connectivity index (χ2n) is 9.30. The first-order valence-electron chi connectivity index (χ1n) is 10.9. The Kier molecular flexibility index (Phi) is 7.23. The minimum Gasteiger partial charge on any atom is -0.465 e. The van der Waals surface area contributed by atoms with Crippen molar-refractivity contribution in [1.82, 2.24) is 10.2 Å². The quantitative estimate of drug-likeness (QED) is 0.741. The van der Waals surface area contributed by atoms with Gasteiger partial charge < -0.3 is 24.8 Å². The van der Waals surface area contributed by atoms with Gasteiger partial charge in [0.15, 0.2) is 0 Å². The first-order valence-corrected chi connectivity index (χ1v) is 10.9. The first-order chi connectivity index (χ1) is 14.2. The molecule has 1 heterocycles. The van der Waals surface area contributed by atoms with Crippen molar-refractivity contribution in [3.8, 4) is 0 Å². The van der Waals surface area contributed by atoms with Gasteiger partial charge in [-0.15, -0.1) is 0 Å². The lowest BCUT2D eigenvalue weighted by Gasteiger charge is -2.32. The lowest BCUT2D eigenvalue weighted by atomic mass is 9.83. The summed E-state index contributed by atoms with van der Waals surface area (Å²) in [5, 5.41) is 12.4. The average molecular weight is 419 g/mol. The Labute approximate surface area is 178 Å². The molecule has 2 aliphatic rings. The van der Waals surface area contributed by atoms with Gasteiger partial charge in [-0.25, -0.2) is 9.59 Å². The number of hydrogen-bond acceptors (Lipinski definition) is 4. The van der Waals surface area contributed by atoms with E-state index in [4.69, 9.17) is 9.47 Å². The maximum atomic E-state index is 12.2. The maximum absolute atomic E-state index is 12.2. The van der Waals surface area contributed by atoms with E-state index in [0.717, 1.165) is 25.7 Å². The summed E-state index contributed by atoms with van der Waals surface area (Å²) >= 11 is 0. The van der Waals surface area contributed by atoms with Crippen molar-refractivity contribution in [1.29, 1.82) is 0 Å². The molecule has 7 heteroatoms. The summed E-state index contributed by atoms with van der Waals surface area (Å²) in [7, 11) is 0. The zero-order valence-corrected chi connectivity index (χ0v) is 18.2. The van der Waals surface area contributed by atoms with Crippen molar-refractivity contribution in [3.05, 3.63) is 35.9 Å². The Morgan fingerprint density at radius 3 is 2.37 bits per heavy atom. The molecule has 30 heavy (non-hydrogen) atoms. The molecule has 7 nitrogen and oxygen atoms in total. The molecule has 1 saturated heterocycles. The van der Waals surface area contributed by atoms with Gasteiger partial charge in [0.25, 0.3) is 0 Å². The number of alkyl carbamates (subject to hydrolysis) is 1. The zero-order chi connectivity index (χ0) is 21.7. The number of likely N-dealkylation sites (tertiary alicyclic amines) is 1. The summed E-state index contributed by atoms with van der Waals surface area (Å²) in [6.45, 7) is 6.07. The van der Waals surface area contributed by atoms with E-state index < -0.39 is 23.8 Å². The Morgan fingerprint density at radius 1 is 1.10 bits per heavy atom. The average Bonchev–Trinajstić information content (AvgIpc) is 3.08. The molecule has 1 saturated carbocycles. The topological polar surface area (TPSA) is 88.1 Å². The molecule has 2 fully saturated rings. The Bertz CT molecular complexity index is 710. The van der Waals surface area contributed by atoms with E-state index in [0.29, 0.717) is 18.9 Å². The van der Waals surface area contributed by atoms with Crippen LogP contribution in [0.1, 0.15) is 64.4 Å². The highest BCUT2D eigenvalue weighted by atomic mass is 16.6. The highest BCUT2D eigenvalue weighted by Crippen LogP contribution is 2.34. The highest BCUT2D eigenvalue weighted by Gasteiger charge is 2.39. The van der Waals surface area contributed by atoms with Crippen LogP contribution in [0, 0.1) is 0 Å². The summed E-state index contributed by atoms with van der Waals surface area (Å²) in [4.78, 5) is 25.2.